The van der Waals surface area contributed by atoms with Crippen LogP contribution >= 0.6 is 11.3 Å². The second kappa shape index (κ2) is 8.59. The van der Waals surface area contributed by atoms with E-state index in [0.29, 0.717) is 10.6 Å². The van der Waals surface area contributed by atoms with Crippen molar-refractivity contribution in [2.75, 3.05) is 6.61 Å². The van der Waals surface area contributed by atoms with E-state index in [9.17, 15) is 9.59 Å². The molecule has 0 aliphatic carbocycles. The molecule has 2 rings (SSSR count). The predicted octanol–water partition coefficient (Wildman–Crippen LogP) is 3.05. The zero-order valence-corrected chi connectivity index (χ0v) is 15.0. The van der Waals surface area contributed by atoms with Crippen LogP contribution in [0.15, 0.2) is 30.3 Å². The van der Waals surface area contributed by atoms with Crippen LogP contribution in [0.25, 0.3) is 0 Å². The van der Waals surface area contributed by atoms with E-state index in [1.165, 1.54) is 16.9 Å². The molecule has 0 saturated heterocycles. The lowest BCUT2D eigenvalue weighted by Gasteiger charge is -2.14. The van der Waals surface area contributed by atoms with Gasteiger partial charge in [-0.2, -0.15) is 0 Å². The number of aryl methyl sites for hydroxylation is 3. The molecule has 1 amide bonds. The molecule has 0 fully saturated rings. The van der Waals surface area contributed by atoms with E-state index in [1.807, 2.05) is 32.0 Å². The summed E-state index contributed by atoms with van der Waals surface area (Å²) in [6.07, 6.45) is 1.72. The highest BCUT2D eigenvalue weighted by atomic mass is 32.1. The third-order valence-electron chi connectivity index (χ3n) is 3.54. The van der Waals surface area contributed by atoms with Crippen molar-refractivity contribution in [1.29, 1.82) is 0 Å². The molecular weight excluding hydrogens is 324 g/mol. The van der Waals surface area contributed by atoms with Gasteiger partial charge in [0, 0.05) is 6.04 Å². The Bertz CT molecular complexity index is 698. The van der Waals surface area contributed by atoms with Crippen LogP contribution in [0.4, 0.5) is 0 Å². The first kappa shape index (κ1) is 18.1. The third-order valence-corrected chi connectivity index (χ3v) is 4.59. The van der Waals surface area contributed by atoms with E-state index in [0.717, 1.165) is 17.8 Å². The third kappa shape index (κ3) is 5.45. The van der Waals surface area contributed by atoms with Crippen molar-refractivity contribution in [3.05, 3.63) is 51.5 Å². The number of thiazole rings is 1. The molecular formula is C18H22N2O3S. The van der Waals surface area contributed by atoms with Crippen LogP contribution < -0.4 is 5.32 Å². The fourth-order valence-corrected chi connectivity index (χ4v) is 3.15. The van der Waals surface area contributed by atoms with Gasteiger partial charge in [-0.05, 0) is 39.2 Å². The summed E-state index contributed by atoms with van der Waals surface area (Å²) in [5.74, 6) is -0.784. The Hall–Kier alpha value is -2.21. The number of ether oxygens (including phenoxy) is 1. The van der Waals surface area contributed by atoms with Gasteiger partial charge in [0.1, 0.15) is 4.88 Å². The Morgan fingerprint density at radius 3 is 2.58 bits per heavy atom. The highest BCUT2D eigenvalue weighted by molar-refractivity contribution is 7.13. The Kier molecular flexibility index (Phi) is 6.49. The van der Waals surface area contributed by atoms with Crippen LogP contribution in [0.3, 0.4) is 0 Å². The maximum atomic E-state index is 11.9. The minimum atomic E-state index is -0.495. The molecule has 1 atom stereocenters. The summed E-state index contributed by atoms with van der Waals surface area (Å²) >= 11 is 1.28. The highest BCUT2D eigenvalue weighted by Gasteiger charge is 2.17. The topological polar surface area (TPSA) is 68.3 Å². The van der Waals surface area contributed by atoms with Crippen LogP contribution in [0.2, 0.25) is 0 Å². The lowest BCUT2D eigenvalue weighted by Crippen LogP contribution is -2.36. The Balaban J connectivity index is 1.72. The summed E-state index contributed by atoms with van der Waals surface area (Å²) < 4.78 is 5.07. The van der Waals surface area contributed by atoms with E-state index in [4.69, 9.17) is 4.74 Å². The normalized spacial score (nSPS) is 11.8. The average Bonchev–Trinajstić information content (AvgIpc) is 2.90. The van der Waals surface area contributed by atoms with Crippen molar-refractivity contribution in [2.24, 2.45) is 0 Å². The zero-order valence-electron chi connectivity index (χ0n) is 14.2. The van der Waals surface area contributed by atoms with Crippen LogP contribution in [-0.4, -0.2) is 29.5 Å². The van der Waals surface area contributed by atoms with Gasteiger partial charge >= 0.3 is 5.97 Å². The minimum absolute atomic E-state index is 0.0174. The van der Waals surface area contributed by atoms with Gasteiger partial charge in [-0.25, -0.2) is 9.78 Å². The van der Waals surface area contributed by atoms with Gasteiger partial charge < -0.3 is 10.1 Å². The molecule has 2 aromatic rings. The molecule has 1 aromatic carbocycles. The zero-order chi connectivity index (χ0) is 17.5. The van der Waals surface area contributed by atoms with Gasteiger partial charge in [-0.1, -0.05) is 30.3 Å². The number of nitrogens with one attached hydrogen (secondary N) is 1. The molecule has 0 radical (unpaired) electrons. The number of benzene rings is 1. The molecule has 5 nitrogen and oxygen atoms in total. The highest BCUT2D eigenvalue weighted by Crippen LogP contribution is 2.17. The Morgan fingerprint density at radius 2 is 1.96 bits per heavy atom. The SMILES string of the molecule is Cc1nc(C)c(C(=O)OCC(=O)NC(C)CCc2ccccc2)s1. The van der Waals surface area contributed by atoms with Crippen molar-refractivity contribution in [2.45, 2.75) is 39.7 Å². The molecule has 128 valence electrons. The smallest absolute Gasteiger partial charge is 0.350 e. The van der Waals surface area contributed by atoms with Gasteiger partial charge in [0.25, 0.3) is 5.91 Å². The summed E-state index contributed by atoms with van der Waals surface area (Å²) in [4.78, 5) is 28.5. The van der Waals surface area contributed by atoms with Crippen LogP contribution in [0.1, 0.15) is 39.3 Å². The first-order valence-electron chi connectivity index (χ1n) is 7.90. The van der Waals surface area contributed by atoms with Gasteiger partial charge in [0.15, 0.2) is 6.61 Å². The second-order valence-electron chi connectivity index (χ2n) is 5.72. The van der Waals surface area contributed by atoms with Crippen molar-refractivity contribution in [3.63, 3.8) is 0 Å². The Morgan fingerprint density at radius 1 is 1.25 bits per heavy atom. The number of hydrogen-bond acceptors (Lipinski definition) is 5. The molecule has 0 aliphatic rings. The summed E-state index contributed by atoms with van der Waals surface area (Å²) in [7, 11) is 0. The van der Waals surface area contributed by atoms with Crippen LogP contribution in [0, 0.1) is 13.8 Å². The average molecular weight is 346 g/mol. The molecule has 0 bridgehead atoms. The number of amides is 1. The van der Waals surface area contributed by atoms with E-state index in [-0.39, 0.29) is 18.6 Å². The van der Waals surface area contributed by atoms with Gasteiger partial charge in [0.2, 0.25) is 0 Å². The van der Waals surface area contributed by atoms with Crippen molar-refractivity contribution >= 4 is 23.2 Å². The second-order valence-corrected chi connectivity index (χ2v) is 6.92. The lowest BCUT2D eigenvalue weighted by atomic mass is 10.1. The molecule has 0 aliphatic heterocycles. The van der Waals surface area contributed by atoms with E-state index < -0.39 is 5.97 Å². The first-order chi connectivity index (χ1) is 11.5. The number of nitrogens with zero attached hydrogens (tertiary/aromatic N) is 1. The number of carbonyl (C=O) groups is 2. The summed E-state index contributed by atoms with van der Waals surface area (Å²) in [5, 5.41) is 3.65. The maximum absolute atomic E-state index is 11.9. The number of hydrogen-bond donors (Lipinski definition) is 1. The maximum Gasteiger partial charge on any atom is 0.350 e. The first-order valence-corrected chi connectivity index (χ1v) is 8.72. The molecule has 1 heterocycles. The Labute approximate surface area is 146 Å². The van der Waals surface area contributed by atoms with Crippen LogP contribution in [0.5, 0.6) is 0 Å². The number of aromatic nitrogens is 1. The van der Waals surface area contributed by atoms with Gasteiger partial charge in [-0.3, -0.25) is 4.79 Å². The molecule has 0 spiro atoms. The van der Waals surface area contributed by atoms with Gasteiger partial charge in [0.05, 0.1) is 10.7 Å². The molecule has 24 heavy (non-hydrogen) atoms. The van der Waals surface area contributed by atoms with Crippen molar-refractivity contribution in [1.82, 2.24) is 10.3 Å². The van der Waals surface area contributed by atoms with Gasteiger partial charge in [-0.15, -0.1) is 11.3 Å². The standard InChI is InChI=1S/C18H22N2O3S/c1-12(9-10-15-7-5-4-6-8-15)19-16(21)11-23-18(22)17-13(2)20-14(3)24-17/h4-8,12H,9-11H2,1-3H3,(H,19,21). The molecule has 1 N–H and O–H groups in total. The molecule has 0 saturated carbocycles. The van der Waals surface area contributed by atoms with E-state index >= 15 is 0 Å². The number of esters is 1. The van der Waals surface area contributed by atoms with Crippen LogP contribution in [-0.2, 0) is 16.0 Å². The van der Waals surface area contributed by atoms with Crippen molar-refractivity contribution in [3.8, 4) is 0 Å². The summed E-state index contributed by atoms with van der Waals surface area (Å²) in [5.41, 5.74) is 1.88. The summed E-state index contributed by atoms with van der Waals surface area (Å²) in [6.45, 7) is 5.26. The minimum Gasteiger partial charge on any atom is -0.451 e. The van der Waals surface area contributed by atoms with E-state index in [1.54, 1.807) is 6.92 Å². The largest absolute Gasteiger partial charge is 0.451 e. The predicted molar refractivity (Wildman–Crippen MR) is 94.2 cm³/mol. The van der Waals surface area contributed by atoms with E-state index in [2.05, 4.69) is 22.4 Å². The monoisotopic (exact) mass is 346 g/mol. The fourth-order valence-electron chi connectivity index (χ4n) is 2.33. The number of carbonyl (C=O) groups excluding carboxylic acids is 2. The molecule has 6 heteroatoms. The quantitative estimate of drug-likeness (QED) is 0.783. The lowest BCUT2D eigenvalue weighted by molar-refractivity contribution is -0.124. The molecule has 1 unspecified atom stereocenters. The number of rotatable bonds is 7. The summed E-state index contributed by atoms with van der Waals surface area (Å²) in [6, 6.07) is 10.1. The molecule has 1 aromatic heterocycles. The van der Waals surface area contributed by atoms with Crippen molar-refractivity contribution < 1.29 is 14.3 Å². The fraction of sp³-hybridized carbons (Fsp3) is 0.389.